The molecule has 0 aliphatic rings. The summed E-state index contributed by atoms with van der Waals surface area (Å²) in [6, 6.07) is 20.1. The van der Waals surface area contributed by atoms with Gasteiger partial charge in [0.05, 0.1) is 23.9 Å². The molecule has 0 atom stereocenters. The number of ether oxygens (including phenoxy) is 1. The van der Waals surface area contributed by atoms with Crippen LogP contribution in [0, 0.1) is 11.6 Å². The standard InChI is InChI=1S/C24H15F2N3O2/c1-30-18-8-6-14(7-9-18)22-13-20(19-4-2-3-5-21(19)27-22)24-29-28-23(31-24)15-10-16(25)12-17(26)11-15/h2-13H,1H3. The van der Waals surface area contributed by atoms with Crippen LogP contribution in [0.15, 0.2) is 77.2 Å². The van der Waals surface area contributed by atoms with E-state index < -0.39 is 11.6 Å². The predicted octanol–water partition coefficient (Wildman–Crippen LogP) is 5.91. The van der Waals surface area contributed by atoms with Crippen molar-refractivity contribution in [1.82, 2.24) is 15.2 Å². The Labute approximate surface area is 176 Å². The molecule has 31 heavy (non-hydrogen) atoms. The molecule has 0 aliphatic carbocycles. The number of pyridine rings is 1. The van der Waals surface area contributed by atoms with E-state index in [1.165, 1.54) is 0 Å². The zero-order chi connectivity index (χ0) is 21.4. The maximum Gasteiger partial charge on any atom is 0.248 e. The predicted molar refractivity (Wildman–Crippen MR) is 112 cm³/mol. The van der Waals surface area contributed by atoms with Crippen molar-refractivity contribution in [3.8, 4) is 39.9 Å². The highest BCUT2D eigenvalue weighted by Crippen LogP contribution is 2.33. The Morgan fingerprint density at radius 1 is 0.774 bits per heavy atom. The second-order valence-corrected chi connectivity index (χ2v) is 6.87. The highest BCUT2D eigenvalue weighted by molar-refractivity contribution is 5.94. The summed E-state index contributed by atoms with van der Waals surface area (Å²) in [4.78, 5) is 4.75. The summed E-state index contributed by atoms with van der Waals surface area (Å²) in [5.41, 5.74) is 3.20. The molecular weight excluding hydrogens is 400 g/mol. The Kier molecular flexibility index (Phi) is 4.63. The zero-order valence-electron chi connectivity index (χ0n) is 16.3. The lowest BCUT2D eigenvalue weighted by molar-refractivity contribution is 0.415. The number of methoxy groups -OCH3 is 1. The molecule has 7 heteroatoms. The number of hydrogen-bond donors (Lipinski definition) is 0. The van der Waals surface area contributed by atoms with E-state index in [1.54, 1.807) is 7.11 Å². The number of halogens is 2. The third-order valence-electron chi connectivity index (χ3n) is 4.87. The van der Waals surface area contributed by atoms with Crippen molar-refractivity contribution in [3.05, 3.63) is 84.4 Å². The fourth-order valence-corrected chi connectivity index (χ4v) is 3.39. The van der Waals surface area contributed by atoms with Gasteiger partial charge in [0.1, 0.15) is 17.4 Å². The van der Waals surface area contributed by atoms with Crippen LogP contribution in [0.3, 0.4) is 0 Å². The molecule has 5 nitrogen and oxygen atoms in total. The molecular formula is C24H15F2N3O2. The molecule has 0 aliphatic heterocycles. The number of fused-ring (bicyclic) bond motifs is 1. The Morgan fingerprint density at radius 3 is 2.23 bits per heavy atom. The molecule has 0 saturated carbocycles. The Bertz CT molecular complexity index is 1380. The van der Waals surface area contributed by atoms with Crippen molar-refractivity contribution < 1.29 is 17.9 Å². The van der Waals surface area contributed by atoms with E-state index in [0.717, 1.165) is 40.4 Å². The van der Waals surface area contributed by atoms with Gasteiger partial charge in [0.2, 0.25) is 11.8 Å². The van der Waals surface area contributed by atoms with E-state index in [-0.39, 0.29) is 17.3 Å². The number of benzene rings is 3. The highest BCUT2D eigenvalue weighted by atomic mass is 19.1. The summed E-state index contributed by atoms with van der Waals surface area (Å²) in [5, 5.41) is 8.93. The minimum absolute atomic E-state index is 0.0280. The van der Waals surface area contributed by atoms with Gasteiger partial charge in [-0.3, -0.25) is 0 Å². The van der Waals surface area contributed by atoms with E-state index in [9.17, 15) is 8.78 Å². The lowest BCUT2D eigenvalue weighted by Gasteiger charge is -2.08. The van der Waals surface area contributed by atoms with Crippen LogP contribution in [0.5, 0.6) is 5.75 Å². The first-order valence-electron chi connectivity index (χ1n) is 9.45. The van der Waals surface area contributed by atoms with E-state index in [0.29, 0.717) is 11.3 Å². The first kappa shape index (κ1) is 18.9. The smallest absolute Gasteiger partial charge is 0.248 e. The van der Waals surface area contributed by atoms with Gasteiger partial charge < -0.3 is 9.15 Å². The molecule has 5 rings (SSSR count). The monoisotopic (exact) mass is 415 g/mol. The highest BCUT2D eigenvalue weighted by Gasteiger charge is 2.17. The molecule has 3 aromatic carbocycles. The number of aromatic nitrogens is 3. The lowest BCUT2D eigenvalue weighted by atomic mass is 10.0. The summed E-state index contributed by atoms with van der Waals surface area (Å²) >= 11 is 0. The maximum absolute atomic E-state index is 13.6. The number of hydrogen-bond acceptors (Lipinski definition) is 5. The molecule has 0 radical (unpaired) electrons. The molecule has 0 fully saturated rings. The number of para-hydroxylation sites is 1. The average Bonchev–Trinajstić information content (AvgIpc) is 3.28. The SMILES string of the molecule is COc1ccc(-c2cc(-c3nnc(-c4cc(F)cc(F)c4)o3)c3ccccc3n2)cc1. The first-order valence-corrected chi connectivity index (χ1v) is 9.45. The van der Waals surface area contributed by atoms with Crippen LogP contribution in [0.4, 0.5) is 8.78 Å². The molecule has 2 heterocycles. The van der Waals surface area contributed by atoms with Crippen LogP contribution in [0.1, 0.15) is 0 Å². The van der Waals surface area contributed by atoms with Crippen molar-refractivity contribution in [2.45, 2.75) is 0 Å². The van der Waals surface area contributed by atoms with Crippen molar-refractivity contribution in [1.29, 1.82) is 0 Å². The van der Waals surface area contributed by atoms with Crippen molar-refractivity contribution in [3.63, 3.8) is 0 Å². The molecule has 5 aromatic rings. The van der Waals surface area contributed by atoms with Gasteiger partial charge in [-0.1, -0.05) is 18.2 Å². The van der Waals surface area contributed by atoms with Gasteiger partial charge in [-0.15, -0.1) is 10.2 Å². The fraction of sp³-hybridized carbons (Fsp3) is 0.0417. The van der Waals surface area contributed by atoms with E-state index >= 15 is 0 Å². The molecule has 0 saturated heterocycles. The van der Waals surface area contributed by atoms with Crippen LogP contribution in [0.25, 0.3) is 45.1 Å². The Balaban J connectivity index is 1.65. The Hall–Kier alpha value is -4.13. The third-order valence-corrected chi connectivity index (χ3v) is 4.87. The van der Waals surface area contributed by atoms with Gasteiger partial charge in [-0.05, 0) is 48.5 Å². The normalized spacial score (nSPS) is 11.1. The maximum atomic E-state index is 13.6. The van der Waals surface area contributed by atoms with Gasteiger partial charge in [0.25, 0.3) is 0 Å². The molecule has 0 amide bonds. The van der Waals surface area contributed by atoms with Crippen LogP contribution < -0.4 is 4.74 Å². The lowest BCUT2D eigenvalue weighted by Crippen LogP contribution is -1.90. The van der Waals surface area contributed by atoms with Crippen LogP contribution in [-0.4, -0.2) is 22.3 Å². The summed E-state index contributed by atoms with van der Waals surface area (Å²) in [7, 11) is 1.61. The topological polar surface area (TPSA) is 61.0 Å². The molecule has 0 unspecified atom stereocenters. The van der Waals surface area contributed by atoms with Crippen molar-refractivity contribution >= 4 is 10.9 Å². The minimum atomic E-state index is -0.717. The van der Waals surface area contributed by atoms with Gasteiger partial charge in [-0.25, -0.2) is 13.8 Å². The molecule has 0 bridgehead atoms. The summed E-state index contributed by atoms with van der Waals surface area (Å²) < 4.78 is 38.2. The van der Waals surface area contributed by atoms with E-state index in [4.69, 9.17) is 14.1 Å². The number of nitrogens with zero attached hydrogens (tertiary/aromatic N) is 3. The molecule has 0 spiro atoms. The molecule has 0 N–H and O–H groups in total. The first-order chi connectivity index (χ1) is 15.1. The van der Waals surface area contributed by atoms with Crippen molar-refractivity contribution in [2.24, 2.45) is 0 Å². The van der Waals surface area contributed by atoms with E-state index in [1.807, 2.05) is 54.6 Å². The average molecular weight is 415 g/mol. The number of rotatable bonds is 4. The molecule has 2 aromatic heterocycles. The summed E-state index contributed by atoms with van der Waals surface area (Å²) in [6.45, 7) is 0. The second kappa shape index (κ2) is 7.60. The van der Waals surface area contributed by atoms with Crippen molar-refractivity contribution in [2.75, 3.05) is 7.11 Å². The van der Waals surface area contributed by atoms with Gasteiger partial charge in [0, 0.05) is 22.6 Å². The largest absolute Gasteiger partial charge is 0.497 e. The Morgan fingerprint density at radius 2 is 1.48 bits per heavy atom. The van der Waals surface area contributed by atoms with Crippen LogP contribution in [0.2, 0.25) is 0 Å². The molecule has 152 valence electrons. The third kappa shape index (κ3) is 3.61. The van der Waals surface area contributed by atoms with Crippen LogP contribution >= 0.6 is 0 Å². The van der Waals surface area contributed by atoms with E-state index in [2.05, 4.69) is 10.2 Å². The van der Waals surface area contributed by atoms with Gasteiger partial charge in [-0.2, -0.15) is 0 Å². The zero-order valence-corrected chi connectivity index (χ0v) is 16.3. The van der Waals surface area contributed by atoms with Crippen LogP contribution in [-0.2, 0) is 0 Å². The van der Waals surface area contributed by atoms with Gasteiger partial charge in [0.15, 0.2) is 0 Å². The minimum Gasteiger partial charge on any atom is -0.497 e. The summed E-state index contributed by atoms with van der Waals surface area (Å²) in [5.74, 6) is -0.432. The van der Waals surface area contributed by atoms with Gasteiger partial charge >= 0.3 is 0 Å². The second-order valence-electron chi connectivity index (χ2n) is 6.87. The quantitative estimate of drug-likeness (QED) is 0.365. The summed E-state index contributed by atoms with van der Waals surface area (Å²) in [6.07, 6.45) is 0. The fourth-order valence-electron chi connectivity index (χ4n) is 3.39.